The lowest BCUT2D eigenvalue weighted by molar-refractivity contribution is -0.385. The highest BCUT2D eigenvalue weighted by Crippen LogP contribution is 2.42. The van der Waals surface area contributed by atoms with Crippen LogP contribution in [0.4, 0.5) is 11.4 Å². The summed E-state index contributed by atoms with van der Waals surface area (Å²) < 4.78 is 9.86. The molecule has 0 saturated heterocycles. The van der Waals surface area contributed by atoms with Crippen LogP contribution in [-0.4, -0.2) is 24.1 Å². The monoisotopic (exact) mass is 278 g/mol. The van der Waals surface area contributed by atoms with Crippen LogP contribution in [0.1, 0.15) is 0 Å². The Morgan fingerprint density at radius 2 is 1.15 bits per heavy atom. The molecule has 8 heteroatoms. The second-order valence-electron chi connectivity index (χ2n) is 3.84. The van der Waals surface area contributed by atoms with Gasteiger partial charge in [0.25, 0.3) is 0 Å². The van der Waals surface area contributed by atoms with Crippen molar-refractivity contribution in [3.05, 3.63) is 44.5 Å². The van der Waals surface area contributed by atoms with E-state index in [0.717, 1.165) is 0 Å². The maximum Gasteiger partial charge on any atom is 0.318 e. The van der Waals surface area contributed by atoms with Gasteiger partial charge < -0.3 is 9.47 Å². The van der Waals surface area contributed by atoms with Crippen LogP contribution < -0.4 is 9.47 Å². The maximum atomic E-state index is 11.2. The number of rotatable bonds is 4. The highest BCUT2D eigenvalue weighted by atomic mass is 16.6. The Labute approximate surface area is 112 Å². The molecule has 2 rings (SSSR count). The number of ether oxygens (including phenoxy) is 2. The van der Waals surface area contributed by atoms with Crippen LogP contribution in [-0.2, 0) is 0 Å². The summed E-state index contributed by atoms with van der Waals surface area (Å²) in [6.07, 6.45) is 0. The normalized spacial score (nSPS) is 10.3. The van der Waals surface area contributed by atoms with Crippen molar-refractivity contribution in [3.8, 4) is 11.5 Å². The van der Waals surface area contributed by atoms with Crippen molar-refractivity contribution in [2.24, 2.45) is 0 Å². The van der Waals surface area contributed by atoms with Crippen molar-refractivity contribution in [2.45, 2.75) is 0 Å². The van der Waals surface area contributed by atoms with Crippen LogP contribution in [0, 0.1) is 20.2 Å². The third-order valence-electron chi connectivity index (χ3n) is 2.87. The minimum absolute atomic E-state index is 0.0435. The second-order valence-corrected chi connectivity index (χ2v) is 3.84. The van der Waals surface area contributed by atoms with Crippen molar-refractivity contribution < 1.29 is 19.3 Å². The van der Waals surface area contributed by atoms with E-state index in [0.29, 0.717) is 0 Å². The highest BCUT2D eigenvalue weighted by Gasteiger charge is 2.26. The summed E-state index contributed by atoms with van der Waals surface area (Å²) in [5.74, 6) is 0.0870. The lowest BCUT2D eigenvalue weighted by Crippen LogP contribution is -1.98. The standard InChI is InChI=1S/C12H10N2O6/c1-19-9-5-3-8-7(11(9)13(15)16)4-6-10(20-2)12(8)14(17)18/h3-6H,1-2H3. The van der Waals surface area contributed by atoms with Gasteiger partial charge in [-0.05, 0) is 24.3 Å². The van der Waals surface area contributed by atoms with Gasteiger partial charge >= 0.3 is 11.4 Å². The van der Waals surface area contributed by atoms with E-state index in [4.69, 9.17) is 9.47 Å². The molecule has 0 spiro atoms. The van der Waals surface area contributed by atoms with Gasteiger partial charge in [0.1, 0.15) is 0 Å². The number of nitrogens with zero attached hydrogens (tertiary/aromatic N) is 2. The van der Waals surface area contributed by atoms with E-state index in [1.165, 1.54) is 38.5 Å². The number of hydrogen-bond donors (Lipinski definition) is 0. The number of hydrogen-bond acceptors (Lipinski definition) is 6. The molecule has 104 valence electrons. The Balaban J connectivity index is 2.94. The molecule has 0 aromatic heterocycles. The van der Waals surface area contributed by atoms with Crippen LogP contribution in [0.5, 0.6) is 11.5 Å². The topological polar surface area (TPSA) is 105 Å². The fourth-order valence-electron chi connectivity index (χ4n) is 2.04. The molecule has 0 fully saturated rings. The first kappa shape index (κ1) is 13.5. The smallest absolute Gasteiger partial charge is 0.318 e. The number of fused-ring (bicyclic) bond motifs is 1. The Morgan fingerprint density at radius 3 is 1.40 bits per heavy atom. The Kier molecular flexibility index (Phi) is 3.38. The zero-order valence-electron chi connectivity index (χ0n) is 10.7. The lowest BCUT2D eigenvalue weighted by Gasteiger charge is -2.08. The predicted octanol–water partition coefficient (Wildman–Crippen LogP) is 2.67. The van der Waals surface area contributed by atoms with Crippen molar-refractivity contribution >= 4 is 22.1 Å². The molecule has 8 nitrogen and oxygen atoms in total. The average Bonchev–Trinajstić information content (AvgIpc) is 2.43. The minimum Gasteiger partial charge on any atom is -0.490 e. The van der Waals surface area contributed by atoms with E-state index in [9.17, 15) is 20.2 Å². The summed E-state index contributed by atoms with van der Waals surface area (Å²) in [6, 6.07) is 5.46. The zero-order chi connectivity index (χ0) is 14.9. The van der Waals surface area contributed by atoms with E-state index in [2.05, 4.69) is 0 Å². The summed E-state index contributed by atoms with van der Waals surface area (Å²) >= 11 is 0. The average molecular weight is 278 g/mol. The molecule has 0 radical (unpaired) electrons. The van der Waals surface area contributed by atoms with E-state index in [1.807, 2.05) is 0 Å². The van der Waals surface area contributed by atoms with Crippen molar-refractivity contribution in [1.29, 1.82) is 0 Å². The Bertz CT molecular complexity index is 651. The van der Waals surface area contributed by atoms with Gasteiger partial charge in [-0.25, -0.2) is 0 Å². The first-order valence-electron chi connectivity index (χ1n) is 5.47. The molecule has 0 saturated carbocycles. The summed E-state index contributed by atoms with van der Waals surface area (Å²) in [6.45, 7) is 0. The summed E-state index contributed by atoms with van der Waals surface area (Å²) in [4.78, 5) is 21.1. The van der Waals surface area contributed by atoms with Gasteiger partial charge in [0.15, 0.2) is 11.5 Å². The van der Waals surface area contributed by atoms with E-state index in [1.54, 1.807) is 0 Å². The van der Waals surface area contributed by atoms with Gasteiger partial charge in [0.2, 0.25) is 0 Å². The SMILES string of the molecule is COc1ccc2c([N+](=O)[O-])c(OC)ccc2c1[N+](=O)[O-]. The van der Waals surface area contributed by atoms with Crippen LogP contribution in [0.25, 0.3) is 10.8 Å². The van der Waals surface area contributed by atoms with Gasteiger partial charge in [-0.15, -0.1) is 0 Å². The molecule has 0 N–H and O–H groups in total. The molecular weight excluding hydrogens is 268 g/mol. The van der Waals surface area contributed by atoms with E-state index in [-0.39, 0.29) is 33.6 Å². The zero-order valence-corrected chi connectivity index (χ0v) is 10.7. The number of nitro benzene ring substituents is 2. The Hall–Kier alpha value is -2.90. The number of nitro groups is 2. The van der Waals surface area contributed by atoms with Gasteiger partial charge in [-0.3, -0.25) is 20.2 Å². The molecule has 0 aliphatic heterocycles. The molecule has 0 aliphatic rings. The van der Waals surface area contributed by atoms with Gasteiger partial charge in [-0.2, -0.15) is 0 Å². The maximum absolute atomic E-state index is 11.2. The third kappa shape index (κ3) is 1.96. The van der Waals surface area contributed by atoms with Crippen LogP contribution in [0.15, 0.2) is 24.3 Å². The summed E-state index contributed by atoms with van der Waals surface area (Å²) in [5.41, 5.74) is -0.619. The molecule has 2 aromatic rings. The molecule has 0 bridgehead atoms. The molecule has 2 aromatic carbocycles. The molecular formula is C12H10N2O6. The van der Waals surface area contributed by atoms with Crippen LogP contribution in [0.2, 0.25) is 0 Å². The third-order valence-corrected chi connectivity index (χ3v) is 2.87. The summed E-state index contributed by atoms with van der Waals surface area (Å²) in [7, 11) is 2.60. The fourth-order valence-corrected chi connectivity index (χ4v) is 2.04. The van der Waals surface area contributed by atoms with Crippen molar-refractivity contribution in [3.63, 3.8) is 0 Å². The van der Waals surface area contributed by atoms with E-state index < -0.39 is 9.85 Å². The quantitative estimate of drug-likeness (QED) is 0.628. The lowest BCUT2D eigenvalue weighted by atomic mass is 10.1. The van der Waals surface area contributed by atoms with E-state index >= 15 is 0 Å². The number of benzene rings is 2. The Morgan fingerprint density at radius 1 is 0.800 bits per heavy atom. The highest BCUT2D eigenvalue weighted by molar-refractivity contribution is 6.01. The first-order chi connectivity index (χ1) is 9.51. The molecule has 20 heavy (non-hydrogen) atoms. The first-order valence-corrected chi connectivity index (χ1v) is 5.47. The van der Waals surface area contributed by atoms with Gasteiger partial charge in [0.05, 0.1) is 34.8 Å². The molecule has 0 heterocycles. The fraction of sp³-hybridized carbons (Fsp3) is 0.167. The molecule has 0 unspecified atom stereocenters. The molecule has 0 atom stereocenters. The molecule has 0 amide bonds. The predicted molar refractivity (Wildman–Crippen MR) is 70.4 cm³/mol. The summed E-state index contributed by atoms with van der Waals surface area (Å²) in [5, 5.41) is 22.6. The number of methoxy groups -OCH3 is 2. The van der Waals surface area contributed by atoms with Crippen LogP contribution >= 0.6 is 0 Å². The minimum atomic E-state index is -0.628. The second kappa shape index (κ2) is 5.00. The largest absolute Gasteiger partial charge is 0.490 e. The van der Waals surface area contributed by atoms with Crippen molar-refractivity contribution in [1.82, 2.24) is 0 Å². The van der Waals surface area contributed by atoms with Gasteiger partial charge in [0, 0.05) is 0 Å². The van der Waals surface area contributed by atoms with Gasteiger partial charge in [-0.1, -0.05) is 0 Å². The van der Waals surface area contributed by atoms with Crippen LogP contribution in [0.3, 0.4) is 0 Å². The van der Waals surface area contributed by atoms with Crippen molar-refractivity contribution in [2.75, 3.05) is 14.2 Å². The molecule has 0 aliphatic carbocycles.